The summed E-state index contributed by atoms with van der Waals surface area (Å²) in [5, 5.41) is 5.14. The van der Waals surface area contributed by atoms with Crippen LogP contribution in [0.3, 0.4) is 0 Å². The van der Waals surface area contributed by atoms with Crippen LogP contribution in [-0.2, 0) is 27.5 Å². The van der Waals surface area contributed by atoms with Crippen molar-refractivity contribution in [3.05, 3.63) is 23.6 Å². The molecule has 1 amide bonds. The van der Waals surface area contributed by atoms with Gasteiger partial charge in [0.25, 0.3) is 0 Å². The summed E-state index contributed by atoms with van der Waals surface area (Å²) in [5.74, 6) is -0.381. The van der Waals surface area contributed by atoms with Crippen LogP contribution in [0.15, 0.2) is 12.1 Å². The molecule has 0 atom stereocenters. The Morgan fingerprint density at radius 3 is 2.38 bits per heavy atom. The molecule has 0 bridgehead atoms. The first kappa shape index (κ1) is 24.5. The fourth-order valence-corrected chi connectivity index (χ4v) is 3.72. The summed E-state index contributed by atoms with van der Waals surface area (Å²) in [6.45, 7) is 14.0. The summed E-state index contributed by atoms with van der Waals surface area (Å²) in [4.78, 5) is 13.8. The Morgan fingerprint density at radius 2 is 1.81 bits per heavy atom. The molecule has 0 saturated carbocycles. The van der Waals surface area contributed by atoms with Crippen molar-refractivity contribution in [2.45, 2.75) is 78.1 Å². The Balaban J connectivity index is 1.85. The Kier molecular flexibility index (Phi) is 6.39. The van der Waals surface area contributed by atoms with Crippen molar-refractivity contribution in [1.82, 2.24) is 14.7 Å². The predicted molar refractivity (Wildman–Crippen MR) is 124 cm³/mol. The largest absolute Gasteiger partial charge is 0.495 e. The first-order valence-electron chi connectivity index (χ1n) is 11.1. The van der Waals surface area contributed by atoms with Gasteiger partial charge in [-0.25, -0.2) is 9.18 Å². The van der Waals surface area contributed by atoms with Crippen LogP contribution in [-0.4, -0.2) is 58.3 Å². The Hall–Kier alpha value is -2.13. The average molecular weight is 447 g/mol. The summed E-state index contributed by atoms with van der Waals surface area (Å²) in [5.41, 5.74) is 0.396. The molecule has 0 spiro atoms. The van der Waals surface area contributed by atoms with E-state index in [-0.39, 0.29) is 11.9 Å². The van der Waals surface area contributed by atoms with E-state index < -0.39 is 23.9 Å². The maximum Gasteiger partial charge on any atom is 0.495 e. The summed E-state index contributed by atoms with van der Waals surface area (Å²) in [6.07, 6.45) is 0.913. The van der Waals surface area contributed by atoms with E-state index in [9.17, 15) is 9.18 Å². The molecule has 9 heteroatoms. The molecule has 32 heavy (non-hydrogen) atoms. The highest BCUT2D eigenvalue weighted by Crippen LogP contribution is 2.37. The number of aromatic nitrogens is 2. The third-order valence-electron chi connectivity index (χ3n) is 6.21. The zero-order chi connectivity index (χ0) is 24.1. The van der Waals surface area contributed by atoms with E-state index >= 15 is 0 Å². The van der Waals surface area contributed by atoms with Crippen LogP contribution in [0.5, 0.6) is 0 Å². The van der Waals surface area contributed by atoms with Crippen LogP contribution in [0, 0.1) is 5.82 Å². The molecule has 1 saturated heterocycles. The number of benzene rings is 1. The van der Waals surface area contributed by atoms with E-state index in [1.54, 1.807) is 29.7 Å². The number of halogens is 1. The number of fused-ring (bicyclic) bond motifs is 1. The molecule has 2 aromatic rings. The number of hydrogen-bond donors (Lipinski definition) is 0. The molecule has 0 radical (unpaired) electrons. The second-order valence-electron chi connectivity index (χ2n) is 10.5. The minimum absolute atomic E-state index is 0.301. The summed E-state index contributed by atoms with van der Waals surface area (Å²) < 4.78 is 34.2. The van der Waals surface area contributed by atoms with Gasteiger partial charge in [0.1, 0.15) is 11.1 Å². The molecule has 7 nitrogen and oxygen atoms in total. The van der Waals surface area contributed by atoms with Crippen molar-refractivity contribution >= 4 is 29.6 Å². The lowest BCUT2D eigenvalue weighted by Gasteiger charge is -2.32. The summed E-state index contributed by atoms with van der Waals surface area (Å²) in [7, 11) is 2.90. The van der Waals surface area contributed by atoms with Gasteiger partial charge >= 0.3 is 13.2 Å². The van der Waals surface area contributed by atoms with Crippen molar-refractivity contribution < 1.29 is 23.2 Å². The number of ether oxygens (including phenoxy) is 1. The number of amides is 1. The van der Waals surface area contributed by atoms with Gasteiger partial charge in [-0.15, -0.1) is 0 Å². The zero-order valence-electron chi connectivity index (χ0n) is 20.7. The molecule has 1 aliphatic heterocycles. The standard InChI is InChI=1S/C23H35BFN3O4/c1-21(2,3)30-20(29)27(8)14-10-11-17-18-15(12-13-16(25)19(18)26-28(17)9)24-31-22(4,5)23(6,7)32-24/h12-13H,10-11,14H2,1-9H3. The number of aryl methyl sites for hydroxylation is 2. The fraction of sp³-hybridized carbons (Fsp3) is 0.652. The lowest BCUT2D eigenvalue weighted by Crippen LogP contribution is -2.41. The molecule has 0 aliphatic carbocycles. The molecular formula is C23H35BFN3O4. The second-order valence-corrected chi connectivity index (χ2v) is 10.5. The van der Waals surface area contributed by atoms with E-state index in [1.165, 1.54) is 6.07 Å². The molecule has 2 heterocycles. The van der Waals surface area contributed by atoms with Crippen LogP contribution in [0.1, 0.15) is 60.6 Å². The maximum atomic E-state index is 14.6. The van der Waals surface area contributed by atoms with E-state index in [0.717, 1.165) is 11.2 Å². The quantitative estimate of drug-likeness (QED) is 0.653. The lowest BCUT2D eigenvalue weighted by atomic mass is 9.76. The molecule has 1 aliphatic rings. The van der Waals surface area contributed by atoms with Gasteiger partial charge in [-0.05, 0) is 72.8 Å². The van der Waals surface area contributed by atoms with Gasteiger partial charge in [-0.3, -0.25) is 4.68 Å². The van der Waals surface area contributed by atoms with E-state index in [1.807, 2.05) is 48.5 Å². The highest BCUT2D eigenvalue weighted by molar-refractivity contribution is 6.65. The number of carbonyl (C=O) groups excluding carboxylic acids is 1. The highest BCUT2D eigenvalue weighted by atomic mass is 19.1. The number of hydrogen-bond acceptors (Lipinski definition) is 5. The molecule has 0 N–H and O–H groups in total. The van der Waals surface area contributed by atoms with Gasteiger partial charge in [-0.2, -0.15) is 5.10 Å². The minimum Gasteiger partial charge on any atom is -0.444 e. The zero-order valence-corrected chi connectivity index (χ0v) is 20.7. The van der Waals surface area contributed by atoms with Crippen LogP contribution >= 0.6 is 0 Å². The number of rotatable bonds is 5. The number of carbonyl (C=O) groups is 1. The topological polar surface area (TPSA) is 65.8 Å². The van der Waals surface area contributed by atoms with Gasteiger partial charge < -0.3 is 18.9 Å². The van der Waals surface area contributed by atoms with Crippen molar-refractivity contribution in [2.75, 3.05) is 13.6 Å². The van der Waals surface area contributed by atoms with Crippen molar-refractivity contribution in [2.24, 2.45) is 7.05 Å². The van der Waals surface area contributed by atoms with Gasteiger partial charge in [0.05, 0.1) is 11.2 Å². The van der Waals surface area contributed by atoms with Gasteiger partial charge in [0.2, 0.25) is 0 Å². The Morgan fingerprint density at radius 1 is 1.22 bits per heavy atom. The molecule has 1 fully saturated rings. The first-order valence-corrected chi connectivity index (χ1v) is 11.1. The predicted octanol–water partition coefficient (Wildman–Crippen LogP) is 3.81. The van der Waals surface area contributed by atoms with E-state index in [2.05, 4.69) is 5.10 Å². The van der Waals surface area contributed by atoms with Crippen LogP contribution < -0.4 is 5.46 Å². The molecule has 3 rings (SSSR count). The van der Waals surface area contributed by atoms with Gasteiger partial charge in [0.15, 0.2) is 5.82 Å². The van der Waals surface area contributed by atoms with E-state index in [4.69, 9.17) is 14.0 Å². The fourth-order valence-electron chi connectivity index (χ4n) is 3.72. The molecule has 0 unspecified atom stereocenters. The molecule has 1 aromatic carbocycles. The summed E-state index contributed by atoms with van der Waals surface area (Å²) in [6, 6.07) is 3.13. The Bertz CT molecular complexity index is 997. The molecule has 1 aromatic heterocycles. The lowest BCUT2D eigenvalue weighted by molar-refractivity contribution is 0.00578. The SMILES string of the molecule is CN(CCCc1c2c(B3OC(C)(C)C(C)(C)O3)ccc(F)c2nn1C)C(=O)OC(C)(C)C. The normalized spacial score (nSPS) is 17.8. The number of nitrogens with zero attached hydrogens (tertiary/aromatic N) is 3. The van der Waals surface area contributed by atoms with Crippen LogP contribution in [0.25, 0.3) is 10.9 Å². The second kappa shape index (κ2) is 8.34. The van der Waals surface area contributed by atoms with Crippen LogP contribution in [0.2, 0.25) is 0 Å². The van der Waals surface area contributed by atoms with Crippen LogP contribution in [0.4, 0.5) is 9.18 Å². The summed E-state index contributed by atoms with van der Waals surface area (Å²) >= 11 is 0. The smallest absolute Gasteiger partial charge is 0.444 e. The van der Waals surface area contributed by atoms with Crippen molar-refractivity contribution in [3.8, 4) is 0 Å². The van der Waals surface area contributed by atoms with Crippen molar-refractivity contribution in [3.63, 3.8) is 0 Å². The van der Waals surface area contributed by atoms with Crippen molar-refractivity contribution in [1.29, 1.82) is 0 Å². The van der Waals surface area contributed by atoms with Gasteiger partial charge in [-0.1, -0.05) is 6.07 Å². The minimum atomic E-state index is -0.615. The molecular weight excluding hydrogens is 412 g/mol. The molecule has 176 valence electrons. The monoisotopic (exact) mass is 447 g/mol. The highest BCUT2D eigenvalue weighted by Gasteiger charge is 2.52. The third kappa shape index (κ3) is 4.78. The average Bonchev–Trinajstić information content (AvgIpc) is 3.07. The first-order chi connectivity index (χ1) is 14.6. The van der Waals surface area contributed by atoms with E-state index in [0.29, 0.717) is 30.3 Å². The third-order valence-corrected chi connectivity index (χ3v) is 6.21. The maximum absolute atomic E-state index is 14.6. The Labute approximate surface area is 190 Å². The van der Waals surface area contributed by atoms with Gasteiger partial charge in [0, 0.05) is 31.7 Å².